The predicted octanol–water partition coefficient (Wildman–Crippen LogP) is 6.02. The number of nitrogens with one attached hydrogen (secondary N) is 1. The molecule has 1 N–H and O–H groups in total. The van der Waals surface area contributed by atoms with Crippen molar-refractivity contribution in [2.45, 2.75) is 19.8 Å². The van der Waals surface area contributed by atoms with Crippen LogP contribution in [0.15, 0.2) is 77.3 Å². The highest BCUT2D eigenvalue weighted by atomic mass is 79.9. The minimum atomic E-state index is -0.156. The first-order valence-corrected chi connectivity index (χ1v) is 9.76. The van der Waals surface area contributed by atoms with Crippen LogP contribution in [0.3, 0.4) is 0 Å². The Kier molecular flexibility index (Phi) is 6.66. The number of amides is 1. The molecule has 0 radical (unpaired) electrons. The average Bonchev–Trinajstić information content (AvgIpc) is 2.69. The molecular weight excluding hydrogens is 402 g/mol. The third-order valence-corrected chi connectivity index (χ3v) is 5.13. The summed E-state index contributed by atoms with van der Waals surface area (Å²) in [5, 5.41) is 2.95. The molecule has 3 aromatic carbocycles. The molecule has 4 heteroatoms. The van der Waals surface area contributed by atoms with Gasteiger partial charge in [0.15, 0.2) is 0 Å². The van der Waals surface area contributed by atoms with Crippen LogP contribution in [-0.4, -0.2) is 12.5 Å². The van der Waals surface area contributed by atoms with Crippen LogP contribution in [0.1, 0.15) is 27.9 Å². The smallest absolute Gasteiger partial charge is 0.255 e. The van der Waals surface area contributed by atoms with E-state index in [-0.39, 0.29) is 5.91 Å². The molecule has 0 aliphatic carbocycles. The molecule has 0 saturated carbocycles. The Morgan fingerprint density at radius 1 is 1.00 bits per heavy atom. The van der Waals surface area contributed by atoms with E-state index in [1.54, 1.807) is 0 Å². The lowest BCUT2D eigenvalue weighted by atomic mass is 10.1. The molecule has 138 valence electrons. The molecule has 3 nitrogen and oxygen atoms in total. The number of hydrogen-bond acceptors (Lipinski definition) is 2. The summed E-state index contributed by atoms with van der Waals surface area (Å²) in [5.41, 5.74) is 3.67. The van der Waals surface area contributed by atoms with Crippen molar-refractivity contribution >= 4 is 27.5 Å². The zero-order valence-corrected chi connectivity index (χ0v) is 16.8. The van der Waals surface area contributed by atoms with Gasteiger partial charge in [0.25, 0.3) is 5.91 Å². The van der Waals surface area contributed by atoms with E-state index < -0.39 is 0 Å². The first-order valence-electron chi connectivity index (χ1n) is 8.97. The second kappa shape index (κ2) is 9.38. The van der Waals surface area contributed by atoms with Gasteiger partial charge in [0, 0.05) is 10.0 Å². The Bertz CT molecular complexity index is 909. The van der Waals surface area contributed by atoms with Crippen molar-refractivity contribution in [3.63, 3.8) is 0 Å². The fraction of sp³-hybridized carbons (Fsp3) is 0.174. The van der Waals surface area contributed by atoms with E-state index in [1.165, 1.54) is 5.56 Å². The van der Waals surface area contributed by atoms with Crippen LogP contribution in [-0.2, 0) is 6.42 Å². The number of rotatable bonds is 7. The molecule has 0 heterocycles. The number of benzene rings is 3. The number of carbonyl (C=O) groups is 1. The maximum Gasteiger partial charge on any atom is 0.255 e. The SMILES string of the molecule is Cc1ccc(C(=O)Nc2ccccc2OCCCc2ccccc2)cc1Br. The number of ether oxygens (including phenoxy) is 1. The zero-order valence-electron chi connectivity index (χ0n) is 15.2. The van der Waals surface area contributed by atoms with Crippen molar-refractivity contribution in [2.24, 2.45) is 0 Å². The van der Waals surface area contributed by atoms with E-state index in [1.807, 2.05) is 67.6 Å². The van der Waals surface area contributed by atoms with Crippen LogP contribution < -0.4 is 10.1 Å². The predicted molar refractivity (Wildman–Crippen MR) is 114 cm³/mol. The molecule has 0 aromatic heterocycles. The molecule has 0 bridgehead atoms. The van der Waals surface area contributed by atoms with Crippen molar-refractivity contribution in [2.75, 3.05) is 11.9 Å². The fourth-order valence-corrected chi connectivity index (χ4v) is 3.11. The molecule has 3 aromatic rings. The lowest BCUT2D eigenvalue weighted by Crippen LogP contribution is -2.13. The summed E-state index contributed by atoms with van der Waals surface area (Å²) in [5.74, 6) is 0.529. The number of para-hydroxylation sites is 2. The fourth-order valence-electron chi connectivity index (χ4n) is 2.73. The molecule has 0 spiro atoms. The van der Waals surface area contributed by atoms with Gasteiger partial charge in [-0.25, -0.2) is 0 Å². The van der Waals surface area contributed by atoms with Gasteiger partial charge in [-0.05, 0) is 55.2 Å². The van der Waals surface area contributed by atoms with Gasteiger partial charge in [-0.3, -0.25) is 4.79 Å². The Labute approximate surface area is 168 Å². The molecule has 0 unspecified atom stereocenters. The van der Waals surface area contributed by atoms with Crippen molar-refractivity contribution in [3.05, 3.63) is 94.0 Å². The van der Waals surface area contributed by atoms with Gasteiger partial charge in [0.1, 0.15) is 5.75 Å². The second-order valence-corrected chi connectivity index (χ2v) is 7.21. The third-order valence-electron chi connectivity index (χ3n) is 4.28. The van der Waals surface area contributed by atoms with Crippen molar-refractivity contribution in [3.8, 4) is 5.75 Å². The topological polar surface area (TPSA) is 38.3 Å². The Morgan fingerprint density at radius 3 is 2.52 bits per heavy atom. The van der Waals surface area contributed by atoms with E-state index in [0.717, 1.165) is 22.9 Å². The van der Waals surface area contributed by atoms with Crippen LogP contribution in [0.2, 0.25) is 0 Å². The Hall–Kier alpha value is -2.59. The summed E-state index contributed by atoms with van der Waals surface area (Å²) < 4.78 is 6.83. The highest BCUT2D eigenvalue weighted by Crippen LogP contribution is 2.25. The van der Waals surface area contributed by atoms with Gasteiger partial charge in [-0.15, -0.1) is 0 Å². The highest BCUT2D eigenvalue weighted by molar-refractivity contribution is 9.10. The van der Waals surface area contributed by atoms with Gasteiger partial charge < -0.3 is 10.1 Å². The average molecular weight is 424 g/mol. The largest absolute Gasteiger partial charge is 0.491 e. The normalized spacial score (nSPS) is 10.4. The van der Waals surface area contributed by atoms with E-state index >= 15 is 0 Å². The molecule has 3 rings (SSSR count). The number of carbonyl (C=O) groups excluding carboxylic acids is 1. The molecule has 0 saturated heterocycles. The van der Waals surface area contributed by atoms with Crippen LogP contribution in [0.5, 0.6) is 5.75 Å². The summed E-state index contributed by atoms with van der Waals surface area (Å²) in [6.45, 7) is 2.59. The summed E-state index contributed by atoms with van der Waals surface area (Å²) in [7, 11) is 0. The second-order valence-electron chi connectivity index (χ2n) is 6.35. The minimum absolute atomic E-state index is 0.156. The van der Waals surface area contributed by atoms with E-state index in [2.05, 4.69) is 33.4 Å². The number of hydrogen-bond donors (Lipinski definition) is 1. The van der Waals surface area contributed by atoms with E-state index in [4.69, 9.17) is 4.74 Å². The Balaban J connectivity index is 1.59. The molecule has 0 aliphatic heterocycles. The van der Waals surface area contributed by atoms with E-state index in [0.29, 0.717) is 23.6 Å². The summed E-state index contributed by atoms with van der Waals surface area (Å²) in [6.07, 6.45) is 1.88. The molecular formula is C23H22BrNO2. The minimum Gasteiger partial charge on any atom is -0.491 e. The van der Waals surface area contributed by atoms with Gasteiger partial charge in [-0.2, -0.15) is 0 Å². The number of aryl methyl sites for hydroxylation is 2. The first-order chi connectivity index (χ1) is 13.1. The van der Waals surface area contributed by atoms with Gasteiger partial charge in [-0.1, -0.05) is 64.5 Å². The summed E-state index contributed by atoms with van der Waals surface area (Å²) in [6, 6.07) is 23.4. The van der Waals surface area contributed by atoms with Crippen molar-refractivity contribution < 1.29 is 9.53 Å². The number of halogens is 1. The zero-order chi connectivity index (χ0) is 19.1. The maximum atomic E-state index is 12.6. The molecule has 0 atom stereocenters. The van der Waals surface area contributed by atoms with Gasteiger partial charge in [0.05, 0.1) is 12.3 Å². The van der Waals surface area contributed by atoms with Gasteiger partial charge >= 0.3 is 0 Å². The maximum absolute atomic E-state index is 12.6. The van der Waals surface area contributed by atoms with E-state index in [9.17, 15) is 4.79 Å². The molecule has 0 aliphatic rings. The number of anilines is 1. The van der Waals surface area contributed by atoms with Crippen LogP contribution in [0.4, 0.5) is 5.69 Å². The van der Waals surface area contributed by atoms with Gasteiger partial charge in [0.2, 0.25) is 0 Å². The lowest BCUT2D eigenvalue weighted by Gasteiger charge is -2.13. The van der Waals surface area contributed by atoms with Crippen LogP contribution in [0.25, 0.3) is 0 Å². The van der Waals surface area contributed by atoms with Crippen LogP contribution >= 0.6 is 15.9 Å². The Morgan fingerprint density at radius 2 is 1.74 bits per heavy atom. The summed E-state index contributed by atoms with van der Waals surface area (Å²) in [4.78, 5) is 12.6. The first kappa shape index (κ1) is 19.2. The lowest BCUT2D eigenvalue weighted by molar-refractivity contribution is 0.102. The summed E-state index contributed by atoms with van der Waals surface area (Å²) >= 11 is 3.47. The molecule has 0 fully saturated rings. The standard InChI is InChI=1S/C23H22BrNO2/c1-17-13-14-19(16-20(17)24)23(26)25-21-11-5-6-12-22(21)27-15-7-10-18-8-3-2-4-9-18/h2-6,8-9,11-14,16H,7,10,15H2,1H3,(H,25,26). The third kappa shape index (κ3) is 5.44. The highest BCUT2D eigenvalue weighted by Gasteiger charge is 2.11. The molecule has 1 amide bonds. The molecule has 27 heavy (non-hydrogen) atoms. The van der Waals surface area contributed by atoms with Crippen molar-refractivity contribution in [1.82, 2.24) is 0 Å². The monoisotopic (exact) mass is 423 g/mol. The quantitative estimate of drug-likeness (QED) is 0.471. The van der Waals surface area contributed by atoms with Crippen molar-refractivity contribution in [1.29, 1.82) is 0 Å². The van der Waals surface area contributed by atoms with Crippen LogP contribution in [0, 0.1) is 6.92 Å².